The van der Waals surface area contributed by atoms with E-state index in [4.69, 9.17) is 0 Å². The third kappa shape index (κ3) is 4.87. The first kappa shape index (κ1) is 18.9. The second-order valence-corrected chi connectivity index (χ2v) is 6.38. The minimum absolute atomic E-state index is 0.180. The molecule has 0 bridgehead atoms. The number of anilines is 1. The molecule has 0 spiro atoms. The number of aromatic nitrogens is 2. The van der Waals surface area contributed by atoms with Gasteiger partial charge in [-0.2, -0.15) is 13.2 Å². The lowest BCUT2D eigenvalue weighted by atomic mass is 10.2. The minimum Gasteiger partial charge on any atom is -0.357 e. The van der Waals surface area contributed by atoms with Crippen molar-refractivity contribution >= 4 is 11.7 Å². The minimum atomic E-state index is -4.57. The van der Waals surface area contributed by atoms with Crippen molar-refractivity contribution in [1.82, 2.24) is 14.9 Å². The number of alkyl halides is 3. The van der Waals surface area contributed by atoms with Gasteiger partial charge < -0.3 is 14.8 Å². The summed E-state index contributed by atoms with van der Waals surface area (Å²) in [6, 6.07) is 5.23. The van der Waals surface area contributed by atoms with Crippen molar-refractivity contribution in [2.45, 2.75) is 32.1 Å². The summed E-state index contributed by atoms with van der Waals surface area (Å²) in [5.41, 5.74) is -0.880. The summed E-state index contributed by atoms with van der Waals surface area (Å²) in [5, 5.41) is 2.59. The number of halogens is 3. The Morgan fingerprint density at radius 1 is 1.15 bits per heavy atom. The summed E-state index contributed by atoms with van der Waals surface area (Å²) in [4.78, 5) is 30.2. The van der Waals surface area contributed by atoms with Crippen LogP contribution in [0.15, 0.2) is 41.5 Å². The number of pyridine rings is 2. The Balaban J connectivity index is 1.57. The lowest BCUT2D eigenvalue weighted by Crippen LogP contribution is -2.32. The number of rotatable bonds is 5. The fourth-order valence-corrected chi connectivity index (χ4v) is 2.89. The number of carbonyl (C=O) groups is 1. The normalized spacial score (nSPS) is 14.4. The monoisotopic (exact) mass is 380 g/mol. The van der Waals surface area contributed by atoms with E-state index in [-0.39, 0.29) is 6.54 Å². The van der Waals surface area contributed by atoms with E-state index in [1.54, 1.807) is 6.20 Å². The second-order valence-electron chi connectivity index (χ2n) is 6.38. The Hall–Kier alpha value is -2.84. The molecule has 1 aliphatic rings. The molecule has 1 amide bonds. The van der Waals surface area contributed by atoms with Gasteiger partial charge in [0.25, 0.3) is 5.56 Å². The summed E-state index contributed by atoms with van der Waals surface area (Å²) in [6.45, 7) is 1.66. The first-order chi connectivity index (χ1) is 12.8. The number of nitrogens with one attached hydrogen (secondary N) is 1. The SMILES string of the molecule is O=C(Cn1cc(C(F)(F)F)ccc1=O)NCc1ccc(N2CCCC2)nc1. The summed E-state index contributed by atoms with van der Waals surface area (Å²) >= 11 is 0. The maximum absolute atomic E-state index is 12.7. The van der Waals surface area contributed by atoms with Crippen LogP contribution in [0.5, 0.6) is 0 Å². The Bertz CT molecular complexity index is 856. The van der Waals surface area contributed by atoms with Gasteiger partial charge >= 0.3 is 6.18 Å². The van der Waals surface area contributed by atoms with E-state index in [0.29, 0.717) is 12.3 Å². The quantitative estimate of drug-likeness (QED) is 0.864. The Labute approximate surface area is 153 Å². The van der Waals surface area contributed by atoms with Crippen LogP contribution in [0.25, 0.3) is 0 Å². The van der Waals surface area contributed by atoms with Crippen LogP contribution in [0.1, 0.15) is 24.0 Å². The standard InChI is InChI=1S/C18H19F3N4O2/c19-18(20,21)14-4-6-17(27)25(11-14)12-16(26)23-10-13-3-5-15(22-9-13)24-7-1-2-8-24/h3-6,9,11H,1-2,7-8,10,12H2,(H,23,26). The van der Waals surface area contributed by atoms with E-state index < -0.39 is 29.8 Å². The van der Waals surface area contributed by atoms with Gasteiger partial charge in [-0.1, -0.05) is 6.07 Å². The van der Waals surface area contributed by atoms with Gasteiger partial charge in [0.2, 0.25) is 5.91 Å². The van der Waals surface area contributed by atoms with Crippen LogP contribution >= 0.6 is 0 Å². The van der Waals surface area contributed by atoms with Crippen molar-refractivity contribution in [3.63, 3.8) is 0 Å². The molecule has 1 aliphatic heterocycles. The highest BCUT2D eigenvalue weighted by Gasteiger charge is 2.31. The molecule has 0 aromatic carbocycles. The zero-order valence-electron chi connectivity index (χ0n) is 14.5. The Morgan fingerprint density at radius 3 is 2.52 bits per heavy atom. The molecule has 2 aromatic rings. The van der Waals surface area contributed by atoms with Crippen LogP contribution in [0.3, 0.4) is 0 Å². The number of hydrogen-bond acceptors (Lipinski definition) is 4. The summed E-state index contributed by atoms with van der Waals surface area (Å²) in [7, 11) is 0. The molecule has 3 rings (SSSR count). The van der Waals surface area contributed by atoms with Crippen molar-refractivity contribution in [3.8, 4) is 0 Å². The van der Waals surface area contributed by atoms with Crippen molar-refractivity contribution in [2.24, 2.45) is 0 Å². The molecule has 0 unspecified atom stereocenters. The Kier molecular flexibility index (Phi) is 5.48. The van der Waals surface area contributed by atoms with Crippen LogP contribution < -0.4 is 15.8 Å². The lowest BCUT2D eigenvalue weighted by Gasteiger charge is -2.16. The lowest BCUT2D eigenvalue weighted by molar-refractivity contribution is -0.138. The third-order valence-electron chi connectivity index (χ3n) is 4.35. The van der Waals surface area contributed by atoms with Gasteiger partial charge in [-0.3, -0.25) is 9.59 Å². The number of carbonyl (C=O) groups excluding carboxylic acids is 1. The molecule has 27 heavy (non-hydrogen) atoms. The molecule has 1 fully saturated rings. The zero-order valence-corrected chi connectivity index (χ0v) is 14.5. The average Bonchev–Trinajstić information content (AvgIpc) is 3.16. The molecule has 144 valence electrons. The molecule has 1 N–H and O–H groups in total. The molecular weight excluding hydrogens is 361 g/mol. The molecule has 0 aliphatic carbocycles. The molecule has 3 heterocycles. The van der Waals surface area contributed by atoms with Gasteiger partial charge in [0.1, 0.15) is 12.4 Å². The van der Waals surface area contributed by atoms with Crippen molar-refractivity contribution in [3.05, 3.63) is 58.1 Å². The Morgan fingerprint density at radius 2 is 1.89 bits per heavy atom. The smallest absolute Gasteiger partial charge is 0.357 e. The summed E-state index contributed by atoms with van der Waals surface area (Å²) in [5.74, 6) is 0.332. The van der Waals surface area contributed by atoms with Gasteiger partial charge in [0, 0.05) is 38.1 Å². The van der Waals surface area contributed by atoms with Crippen molar-refractivity contribution in [2.75, 3.05) is 18.0 Å². The molecule has 9 heteroatoms. The fraction of sp³-hybridized carbons (Fsp3) is 0.389. The van der Waals surface area contributed by atoms with E-state index in [2.05, 4.69) is 15.2 Å². The van der Waals surface area contributed by atoms with Gasteiger partial charge in [-0.15, -0.1) is 0 Å². The predicted molar refractivity (Wildman–Crippen MR) is 93.2 cm³/mol. The van der Waals surface area contributed by atoms with Crippen LogP contribution in [0, 0.1) is 0 Å². The van der Waals surface area contributed by atoms with Crippen molar-refractivity contribution in [1.29, 1.82) is 0 Å². The largest absolute Gasteiger partial charge is 0.417 e. The predicted octanol–water partition coefficient (Wildman–Crippen LogP) is 2.18. The summed E-state index contributed by atoms with van der Waals surface area (Å²) < 4.78 is 38.9. The molecule has 0 atom stereocenters. The number of amides is 1. The summed E-state index contributed by atoms with van der Waals surface area (Å²) in [6.07, 6.45) is 0.0240. The van der Waals surface area contributed by atoms with Gasteiger partial charge in [-0.05, 0) is 30.5 Å². The maximum atomic E-state index is 12.7. The molecular formula is C18H19F3N4O2. The van der Waals surface area contributed by atoms with E-state index in [9.17, 15) is 22.8 Å². The van der Waals surface area contributed by atoms with Crippen LogP contribution in [0.2, 0.25) is 0 Å². The van der Waals surface area contributed by atoms with Crippen LogP contribution in [-0.4, -0.2) is 28.5 Å². The van der Waals surface area contributed by atoms with Crippen LogP contribution in [0.4, 0.5) is 19.0 Å². The second kappa shape index (κ2) is 7.81. The average molecular weight is 380 g/mol. The highest BCUT2D eigenvalue weighted by Crippen LogP contribution is 2.28. The van der Waals surface area contributed by atoms with Crippen molar-refractivity contribution < 1.29 is 18.0 Å². The molecule has 1 saturated heterocycles. The number of hydrogen-bond donors (Lipinski definition) is 1. The van der Waals surface area contributed by atoms with Crippen LogP contribution in [-0.2, 0) is 24.1 Å². The van der Waals surface area contributed by atoms with E-state index in [0.717, 1.165) is 47.9 Å². The van der Waals surface area contributed by atoms with E-state index in [1.807, 2.05) is 12.1 Å². The first-order valence-electron chi connectivity index (χ1n) is 8.57. The fourth-order valence-electron chi connectivity index (χ4n) is 2.89. The first-order valence-corrected chi connectivity index (χ1v) is 8.57. The molecule has 0 radical (unpaired) electrons. The molecule has 0 saturated carbocycles. The highest BCUT2D eigenvalue weighted by molar-refractivity contribution is 5.75. The third-order valence-corrected chi connectivity index (χ3v) is 4.35. The molecule has 6 nitrogen and oxygen atoms in total. The molecule has 2 aromatic heterocycles. The highest BCUT2D eigenvalue weighted by atomic mass is 19.4. The van der Waals surface area contributed by atoms with E-state index in [1.165, 1.54) is 0 Å². The number of nitrogens with zero attached hydrogens (tertiary/aromatic N) is 3. The zero-order chi connectivity index (χ0) is 19.4. The van der Waals surface area contributed by atoms with E-state index >= 15 is 0 Å². The maximum Gasteiger partial charge on any atom is 0.417 e. The van der Waals surface area contributed by atoms with Gasteiger partial charge in [0.05, 0.1) is 5.56 Å². The topological polar surface area (TPSA) is 67.2 Å². The van der Waals surface area contributed by atoms with Gasteiger partial charge in [0.15, 0.2) is 0 Å². The van der Waals surface area contributed by atoms with Gasteiger partial charge in [-0.25, -0.2) is 4.98 Å².